The van der Waals surface area contributed by atoms with Crippen molar-refractivity contribution in [3.05, 3.63) is 70.3 Å². The van der Waals surface area contributed by atoms with E-state index < -0.39 is 0 Å². The van der Waals surface area contributed by atoms with Crippen LogP contribution < -0.4 is 10.1 Å². The number of carbonyl (C=O) groups is 1. The molecule has 0 saturated carbocycles. The molecular formula is C18H18BrNO2. The number of hydrogen-bond acceptors (Lipinski definition) is 3. The summed E-state index contributed by atoms with van der Waals surface area (Å²) in [7, 11) is 1.64. The zero-order valence-corrected chi connectivity index (χ0v) is 14.2. The van der Waals surface area contributed by atoms with Crippen LogP contribution in [0.5, 0.6) is 5.75 Å². The Balaban J connectivity index is 2.12. The van der Waals surface area contributed by atoms with Crippen molar-refractivity contribution in [3.8, 4) is 5.75 Å². The summed E-state index contributed by atoms with van der Waals surface area (Å²) in [4.78, 5) is 12.3. The quantitative estimate of drug-likeness (QED) is 0.579. The van der Waals surface area contributed by atoms with Gasteiger partial charge in [0.25, 0.3) is 0 Å². The van der Waals surface area contributed by atoms with Crippen LogP contribution in [0.4, 0.5) is 5.69 Å². The van der Waals surface area contributed by atoms with Crippen LogP contribution in [0.15, 0.2) is 64.8 Å². The number of anilines is 1. The summed E-state index contributed by atoms with van der Waals surface area (Å²) in [6, 6.07) is 15.0. The minimum atomic E-state index is -0.00892. The van der Waals surface area contributed by atoms with Crippen LogP contribution >= 0.6 is 15.9 Å². The van der Waals surface area contributed by atoms with Gasteiger partial charge in [-0.25, -0.2) is 0 Å². The van der Waals surface area contributed by atoms with Crippen LogP contribution in [0, 0.1) is 0 Å². The van der Waals surface area contributed by atoms with Crippen LogP contribution in [0.1, 0.15) is 23.7 Å². The van der Waals surface area contributed by atoms with E-state index in [1.165, 1.54) is 0 Å². The van der Waals surface area contributed by atoms with E-state index in [-0.39, 0.29) is 5.78 Å². The van der Waals surface area contributed by atoms with Crippen molar-refractivity contribution < 1.29 is 9.53 Å². The van der Waals surface area contributed by atoms with Crippen molar-refractivity contribution >= 4 is 27.4 Å². The topological polar surface area (TPSA) is 38.3 Å². The molecule has 114 valence electrons. The average Bonchev–Trinajstić information content (AvgIpc) is 2.55. The van der Waals surface area contributed by atoms with Gasteiger partial charge in [-0.3, -0.25) is 4.79 Å². The third-order valence-electron chi connectivity index (χ3n) is 3.21. The standard InChI is InChI=1S/C18H18BrNO2/c1-3-15(20-16-8-10-17(22-2)11-9-16)12-18(21)13-4-6-14(19)7-5-13/h4-12,20H,3H2,1-2H3/b15-12+. The smallest absolute Gasteiger partial charge is 0.187 e. The van der Waals surface area contributed by atoms with Crippen molar-refractivity contribution in [2.24, 2.45) is 0 Å². The first-order valence-corrected chi connectivity index (χ1v) is 7.83. The molecule has 0 radical (unpaired) electrons. The number of hydrogen-bond donors (Lipinski definition) is 1. The molecule has 0 unspecified atom stereocenters. The molecule has 4 heteroatoms. The van der Waals surface area contributed by atoms with E-state index >= 15 is 0 Å². The molecule has 1 N–H and O–H groups in total. The fourth-order valence-electron chi connectivity index (χ4n) is 1.94. The minimum Gasteiger partial charge on any atom is -0.497 e. The third kappa shape index (κ3) is 4.46. The van der Waals surface area contributed by atoms with Crippen LogP contribution in [-0.4, -0.2) is 12.9 Å². The first kappa shape index (κ1) is 16.3. The Kier molecular flexibility index (Phi) is 5.78. The van der Waals surface area contributed by atoms with E-state index in [1.54, 1.807) is 13.2 Å². The molecule has 0 aromatic heterocycles. The van der Waals surface area contributed by atoms with E-state index in [1.807, 2.05) is 55.5 Å². The fraction of sp³-hybridized carbons (Fsp3) is 0.167. The van der Waals surface area contributed by atoms with E-state index in [0.29, 0.717) is 5.56 Å². The van der Waals surface area contributed by atoms with Crippen LogP contribution in [0.2, 0.25) is 0 Å². The molecule has 0 amide bonds. The van der Waals surface area contributed by atoms with E-state index in [4.69, 9.17) is 4.74 Å². The summed E-state index contributed by atoms with van der Waals surface area (Å²) in [5.41, 5.74) is 2.47. The fourth-order valence-corrected chi connectivity index (χ4v) is 2.21. The molecule has 0 spiro atoms. The molecular weight excluding hydrogens is 342 g/mol. The molecule has 0 aliphatic rings. The molecule has 22 heavy (non-hydrogen) atoms. The lowest BCUT2D eigenvalue weighted by molar-refractivity contribution is 0.104. The predicted molar refractivity (Wildman–Crippen MR) is 93.5 cm³/mol. The Morgan fingerprint density at radius 1 is 1.14 bits per heavy atom. The summed E-state index contributed by atoms with van der Waals surface area (Å²) in [5, 5.41) is 3.27. The molecule has 2 rings (SSSR count). The second-order valence-corrected chi connectivity index (χ2v) is 5.66. The summed E-state index contributed by atoms with van der Waals surface area (Å²) < 4.78 is 6.09. The third-order valence-corrected chi connectivity index (χ3v) is 3.74. The Labute approximate surface area is 139 Å². The van der Waals surface area contributed by atoms with Crippen molar-refractivity contribution in [3.63, 3.8) is 0 Å². The monoisotopic (exact) mass is 359 g/mol. The lowest BCUT2D eigenvalue weighted by Crippen LogP contribution is -2.03. The molecule has 0 aliphatic carbocycles. The number of nitrogens with one attached hydrogen (secondary N) is 1. The lowest BCUT2D eigenvalue weighted by atomic mass is 10.1. The zero-order valence-electron chi connectivity index (χ0n) is 12.6. The van der Waals surface area contributed by atoms with Gasteiger partial charge in [-0.1, -0.05) is 22.9 Å². The maximum Gasteiger partial charge on any atom is 0.187 e. The average molecular weight is 360 g/mol. The Bertz CT molecular complexity index is 660. The SMILES string of the molecule is CC/C(=C\C(=O)c1ccc(Br)cc1)Nc1ccc(OC)cc1. The Hall–Kier alpha value is -2.07. The first-order chi connectivity index (χ1) is 10.6. The van der Waals surface area contributed by atoms with Crippen molar-refractivity contribution in [1.29, 1.82) is 0 Å². The maximum atomic E-state index is 12.3. The van der Waals surface area contributed by atoms with Crippen LogP contribution in [0.3, 0.4) is 0 Å². The van der Waals surface area contributed by atoms with Gasteiger partial charge < -0.3 is 10.1 Å². The van der Waals surface area contributed by atoms with Crippen molar-refractivity contribution in [2.75, 3.05) is 12.4 Å². The van der Waals surface area contributed by atoms with Crippen LogP contribution in [0.25, 0.3) is 0 Å². The summed E-state index contributed by atoms with van der Waals surface area (Å²) >= 11 is 3.37. The highest BCUT2D eigenvalue weighted by atomic mass is 79.9. The highest BCUT2D eigenvalue weighted by Gasteiger charge is 2.05. The lowest BCUT2D eigenvalue weighted by Gasteiger charge is -2.10. The normalized spacial score (nSPS) is 11.1. The predicted octanol–water partition coefficient (Wildman–Crippen LogP) is 5.05. The molecule has 0 saturated heterocycles. The number of ketones is 1. The van der Waals surface area contributed by atoms with Gasteiger partial charge in [0.15, 0.2) is 5.78 Å². The van der Waals surface area contributed by atoms with Gasteiger partial charge in [0.2, 0.25) is 0 Å². The highest BCUT2D eigenvalue weighted by Crippen LogP contribution is 2.18. The molecule has 0 bridgehead atoms. The van der Waals surface area contributed by atoms with Gasteiger partial charge in [-0.15, -0.1) is 0 Å². The van der Waals surface area contributed by atoms with Gasteiger partial charge >= 0.3 is 0 Å². The van der Waals surface area contributed by atoms with E-state index in [9.17, 15) is 4.79 Å². The second kappa shape index (κ2) is 7.80. The summed E-state index contributed by atoms with van der Waals surface area (Å²) in [5.74, 6) is 0.795. The maximum absolute atomic E-state index is 12.3. The van der Waals surface area contributed by atoms with Gasteiger partial charge in [-0.05, 0) is 55.0 Å². The number of allylic oxidation sites excluding steroid dienone is 2. The highest BCUT2D eigenvalue weighted by molar-refractivity contribution is 9.10. The van der Waals surface area contributed by atoms with Gasteiger partial charge in [0.1, 0.15) is 5.75 Å². The largest absolute Gasteiger partial charge is 0.497 e. The number of benzene rings is 2. The van der Waals surface area contributed by atoms with E-state index in [0.717, 1.165) is 28.0 Å². The van der Waals surface area contributed by atoms with E-state index in [2.05, 4.69) is 21.2 Å². The molecule has 3 nitrogen and oxygen atoms in total. The number of ether oxygens (including phenoxy) is 1. The first-order valence-electron chi connectivity index (χ1n) is 7.04. The summed E-state index contributed by atoms with van der Waals surface area (Å²) in [6.07, 6.45) is 2.39. The molecule has 2 aromatic carbocycles. The summed E-state index contributed by atoms with van der Waals surface area (Å²) in [6.45, 7) is 2.01. The molecule has 0 atom stereocenters. The van der Waals surface area contributed by atoms with Crippen LogP contribution in [-0.2, 0) is 0 Å². The van der Waals surface area contributed by atoms with Crippen molar-refractivity contribution in [2.45, 2.75) is 13.3 Å². The Morgan fingerprint density at radius 3 is 2.32 bits per heavy atom. The zero-order chi connectivity index (χ0) is 15.9. The molecule has 0 fully saturated rings. The van der Waals surface area contributed by atoms with Gasteiger partial charge in [-0.2, -0.15) is 0 Å². The molecule has 0 heterocycles. The Morgan fingerprint density at radius 2 is 1.77 bits per heavy atom. The molecule has 0 aliphatic heterocycles. The number of methoxy groups -OCH3 is 1. The molecule has 2 aromatic rings. The second-order valence-electron chi connectivity index (χ2n) is 4.75. The number of halogens is 1. The van der Waals surface area contributed by atoms with Crippen molar-refractivity contribution in [1.82, 2.24) is 0 Å². The van der Waals surface area contributed by atoms with Gasteiger partial charge in [0.05, 0.1) is 7.11 Å². The van der Waals surface area contributed by atoms with Gasteiger partial charge in [0, 0.05) is 27.5 Å². The number of carbonyl (C=O) groups excluding carboxylic acids is 1. The minimum absolute atomic E-state index is 0.00892. The number of rotatable bonds is 6.